The Balaban J connectivity index is 1.15. The third-order valence-electron chi connectivity index (χ3n) is 12.6. The predicted molar refractivity (Wildman–Crippen MR) is 232 cm³/mol. The summed E-state index contributed by atoms with van der Waals surface area (Å²) in [5.41, 5.74) is -0.00847. The first kappa shape index (κ1) is 44.7. The molecule has 2 aromatic heterocycles. The Morgan fingerprint density at radius 1 is 1.00 bits per heavy atom. The molecule has 0 radical (unpaired) electrons. The van der Waals surface area contributed by atoms with Crippen molar-refractivity contribution >= 4 is 55.5 Å². The number of fused-ring (bicyclic) bond motifs is 3. The molecule has 5 atom stereocenters. The Bertz CT molecular complexity index is 2800. The lowest BCUT2D eigenvalue weighted by Gasteiger charge is -2.35. The molecular formula is C48H49F3N4O8S. The van der Waals surface area contributed by atoms with Gasteiger partial charge < -0.3 is 14.1 Å². The van der Waals surface area contributed by atoms with Gasteiger partial charge in [-0.1, -0.05) is 75.4 Å². The summed E-state index contributed by atoms with van der Waals surface area (Å²) >= 11 is 0. The summed E-state index contributed by atoms with van der Waals surface area (Å²) in [4.78, 5) is 66.4. The van der Waals surface area contributed by atoms with Crippen LogP contribution in [0.5, 0.6) is 5.88 Å². The van der Waals surface area contributed by atoms with Gasteiger partial charge >= 0.3 is 6.18 Å². The molecule has 8 rings (SSSR count). The molecule has 0 spiro atoms. The molecule has 1 N–H and O–H groups in total. The Kier molecular flexibility index (Phi) is 11.6. The Hall–Kier alpha value is -5.90. The van der Waals surface area contributed by atoms with Crippen LogP contribution < -0.4 is 9.46 Å². The average Bonchev–Trinajstić information content (AvgIpc) is 4.14. The van der Waals surface area contributed by atoms with Crippen LogP contribution in [0.1, 0.15) is 76.5 Å². The molecular weight excluding hydrogens is 850 g/mol. The van der Waals surface area contributed by atoms with Crippen LogP contribution in [0.2, 0.25) is 0 Å². The number of ketones is 2. The standard InChI is InChI=1S/C48H49F3N4O8S/c1-6-31-24-47(31,45(59)54-64(60,61)34-18-19-34)25-38(57)37-23-33(26-55(37)44(58)36(46(3,4)5)22-29-11-9-10-28(21-29)20-27(2)56)62-43-41-40(35-12-7-8-13-39(35)63-41)52-42(53-43)30-14-16-32(17-15-30)48(49,50)51/h6-17,21,31,33-34,36-37H,1,18-20,22-26H2,2-5H3,(H,54,59)/t31-,33-,36-,37+,47-/m1/s1. The third-order valence-corrected chi connectivity index (χ3v) is 14.5. The van der Waals surface area contributed by atoms with Crippen LogP contribution >= 0.6 is 0 Å². The number of likely N-dealkylation sites (tertiary alicyclic amines) is 1. The topological polar surface area (TPSA) is 166 Å². The fraction of sp³-hybridized carbons (Fsp3) is 0.417. The van der Waals surface area contributed by atoms with E-state index < -0.39 is 73.5 Å². The van der Waals surface area contributed by atoms with Gasteiger partial charge in [0, 0.05) is 36.1 Å². The molecule has 5 aromatic rings. The van der Waals surface area contributed by atoms with E-state index >= 15 is 4.79 Å². The first-order valence-corrected chi connectivity index (χ1v) is 22.8. The molecule has 2 amide bonds. The quantitative estimate of drug-likeness (QED) is 0.101. The van der Waals surface area contributed by atoms with E-state index in [0.717, 1.165) is 23.3 Å². The number of furan rings is 1. The van der Waals surface area contributed by atoms with E-state index in [1.54, 1.807) is 24.3 Å². The van der Waals surface area contributed by atoms with Crippen LogP contribution in [0.15, 0.2) is 89.9 Å². The van der Waals surface area contributed by atoms with Crippen molar-refractivity contribution in [2.75, 3.05) is 6.54 Å². The van der Waals surface area contributed by atoms with Gasteiger partial charge in [-0.05, 0) is 79.3 Å². The molecule has 64 heavy (non-hydrogen) atoms. The molecule has 3 aromatic carbocycles. The van der Waals surface area contributed by atoms with E-state index in [-0.39, 0.29) is 73.2 Å². The number of benzene rings is 3. The van der Waals surface area contributed by atoms with Crippen molar-refractivity contribution in [3.63, 3.8) is 0 Å². The van der Waals surface area contributed by atoms with Crippen molar-refractivity contribution in [2.24, 2.45) is 22.7 Å². The van der Waals surface area contributed by atoms with Crippen molar-refractivity contribution in [1.82, 2.24) is 19.6 Å². The Morgan fingerprint density at radius 2 is 1.70 bits per heavy atom. The van der Waals surface area contributed by atoms with Crippen LogP contribution in [0.4, 0.5) is 13.2 Å². The second kappa shape index (κ2) is 16.6. The van der Waals surface area contributed by atoms with Crippen molar-refractivity contribution in [1.29, 1.82) is 0 Å². The minimum Gasteiger partial charge on any atom is -0.470 e. The van der Waals surface area contributed by atoms with E-state index in [1.807, 2.05) is 45.0 Å². The molecule has 3 fully saturated rings. The van der Waals surface area contributed by atoms with Crippen LogP contribution in [-0.4, -0.2) is 70.6 Å². The van der Waals surface area contributed by atoms with Gasteiger partial charge in [-0.2, -0.15) is 18.2 Å². The number of halogens is 3. The molecule has 16 heteroatoms. The largest absolute Gasteiger partial charge is 0.470 e. The van der Waals surface area contributed by atoms with Crippen LogP contribution in [-0.2, 0) is 48.2 Å². The highest BCUT2D eigenvalue weighted by atomic mass is 32.2. The number of hydrogen-bond acceptors (Lipinski definition) is 10. The normalized spacial score (nSPS) is 21.7. The first-order valence-electron chi connectivity index (χ1n) is 21.3. The SMILES string of the molecule is C=C[C@@H]1C[C@]1(CC(=O)[C@@H]1C[C@@H](Oc2nc(-c3ccc(C(F)(F)F)cc3)nc3c2oc2ccccc23)CN1C(=O)[C@@H](Cc1cccc(CC(C)=O)c1)C(C)(C)C)C(=O)NS(=O)(=O)C1CC1. The van der Waals surface area contributed by atoms with E-state index in [4.69, 9.17) is 9.15 Å². The molecule has 0 unspecified atom stereocenters. The number of Topliss-reactive ketones (excluding diaryl/α,β-unsaturated/α-hetero) is 2. The number of nitrogens with zero attached hydrogens (tertiary/aromatic N) is 3. The lowest BCUT2D eigenvalue weighted by Crippen LogP contribution is -2.48. The molecule has 336 valence electrons. The monoisotopic (exact) mass is 898 g/mol. The molecule has 3 aliphatic rings. The molecule has 1 aliphatic heterocycles. The molecule has 3 heterocycles. The first-order chi connectivity index (χ1) is 30.2. The lowest BCUT2D eigenvalue weighted by atomic mass is 9.76. The molecule has 1 saturated heterocycles. The number of carbonyl (C=O) groups is 4. The summed E-state index contributed by atoms with van der Waals surface area (Å²) in [6.45, 7) is 11.0. The van der Waals surface area contributed by atoms with Gasteiger partial charge in [-0.25, -0.2) is 13.4 Å². The van der Waals surface area contributed by atoms with Crippen LogP contribution in [0.25, 0.3) is 33.5 Å². The highest BCUT2D eigenvalue weighted by Gasteiger charge is 2.61. The fourth-order valence-corrected chi connectivity index (χ4v) is 10.2. The van der Waals surface area contributed by atoms with E-state index in [9.17, 15) is 36.0 Å². The number of amides is 2. The number of alkyl halides is 3. The summed E-state index contributed by atoms with van der Waals surface area (Å²) < 4.78 is 81.3. The third kappa shape index (κ3) is 9.06. The number of nitrogens with one attached hydrogen (secondary N) is 1. The van der Waals surface area contributed by atoms with Gasteiger partial charge in [0.05, 0.1) is 28.8 Å². The Morgan fingerprint density at radius 3 is 2.34 bits per heavy atom. The van der Waals surface area contributed by atoms with Crippen molar-refractivity contribution < 1.29 is 49.9 Å². The summed E-state index contributed by atoms with van der Waals surface area (Å²) in [6, 6.07) is 17.8. The zero-order chi connectivity index (χ0) is 45.9. The number of sulfonamides is 1. The lowest BCUT2D eigenvalue weighted by molar-refractivity contribution is -0.144. The van der Waals surface area contributed by atoms with Gasteiger partial charge in [-0.3, -0.25) is 23.9 Å². The maximum atomic E-state index is 15.1. The number of para-hydroxylation sites is 1. The van der Waals surface area contributed by atoms with Crippen molar-refractivity contribution in [3.8, 4) is 17.3 Å². The molecule has 2 aliphatic carbocycles. The molecule has 12 nitrogen and oxygen atoms in total. The van der Waals surface area contributed by atoms with E-state index in [0.29, 0.717) is 29.3 Å². The highest BCUT2D eigenvalue weighted by molar-refractivity contribution is 7.90. The van der Waals surface area contributed by atoms with Gasteiger partial charge in [0.25, 0.3) is 5.88 Å². The van der Waals surface area contributed by atoms with Gasteiger partial charge in [-0.15, -0.1) is 6.58 Å². The minimum absolute atomic E-state index is 0.00824. The number of rotatable bonds is 15. The number of hydrogen-bond donors (Lipinski definition) is 1. The van der Waals surface area contributed by atoms with E-state index in [1.165, 1.54) is 30.0 Å². The van der Waals surface area contributed by atoms with Crippen LogP contribution in [0.3, 0.4) is 0 Å². The molecule has 2 saturated carbocycles. The van der Waals surface area contributed by atoms with Gasteiger partial charge in [0.15, 0.2) is 11.6 Å². The summed E-state index contributed by atoms with van der Waals surface area (Å²) in [7, 11) is -3.93. The maximum Gasteiger partial charge on any atom is 0.416 e. The van der Waals surface area contributed by atoms with Gasteiger partial charge in [0.2, 0.25) is 27.4 Å². The highest BCUT2D eigenvalue weighted by Crippen LogP contribution is 2.57. The average molecular weight is 899 g/mol. The predicted octanol–water partition coefficient (Wildman–Crippen LogP) is 8.21. The number of carbonyl (C=O) groups excluding carboxylic acids is 4. The van der Waals surface area contributed by atoms with Crippen LogP contribution in [0, 0.1) is 22.7 Å². The minimum atomic E-state index is -4.56. The second-order valence-corrected chi connectivity index (χ2v) is 20.5. The maximum absolute atomic E-state index is 15.1. The zero-order valence-corrected chi connectivity index (χ0v) is 36.7. The summed E-state index contributed by atoms with van der Waals surface area (Å²) in [5.74, 6) is -2.73. The second-order valence-electron chi connectivity index (χ2n) is 18.5. The zero-order valence-electron chi connectivity index (χ0n) is 35.9. The number of aromatic nitrogens is 2. The summed E-state index contributed by atoms with van der Waals surface area (Å²) in [5, 5.41) is -0.0636. The number of ether oxygens (including phenoxy) is 1. The Labute approximate surface area is 368 Å². The summed E-state index contributed by atoms with van der Waals surface area (Å²) in [6.07, 6.45) is -2.70. The number of allylic oxidation sites excluding steroid dienone is 1. The van der Waals surface area contributed by atoms with Crippen molar-refractivity contribution in [2.45, 2.75) is 96.2 Å². The fourth-order valence-electron chi connectivity index (χ4n) is 8.83. The smallest absolute Gasteiger partial charge is 0.416 e. The van der Waals surface area contributed by atoms with Crippen molar-refractivity contribution in [3.05, 3.63) is 102 Å². The van der Waals surface area contributed by atoms with E-state index in [2.05, 4.69) is 21.3 Å². The van der Waals surface area contributed by atoms with Gasteiger partial charge in [0.1, 0.15) is 23.0 Å². The molecule has 0 bridgehead atoms.